The van der Waals surface area contributed by atoms with E-state index in [2.05, 4.69) is 0 Å². The summed E-state index contributed by atoms with van der Waals surface area (Å²) in [6.45, 7) is 2.00. The van der Waals surface area contributed by atoms with Gasteiger partial charge in [0, 0.05) is 6.04 Å². The minimum absolute atomic E-state index is 0.00781. The first-order valence-electron chi connectivity index (χ1n) is 6.76. The zero-order chi connectivity index (χ0) is 16.6. The Balaban J connectivity index is 2.51. The van der Waals surface area contributed by atoms with Crippen LogP contribution < -0.4 is 16.0 Å². The lowest BCUT2D eigenvalue weighted by Crippen LogP contribution is -2.52. The summed E-state index contributed by atoms with van der Waals surface area (Å²) in [6.07, 6.45) is -1.02. The van der Waals surface area contributed by atoms with E-state index in [1.54, 1.807) is 30.0 Å². The topological polar surface area (TPSA) is 122 Å². The van der Waals surface area contributed by atoms with Gasteiger partial charge in [-0.1, -0.05) is 25.1 Å². The van der Waals surface area contributed by atoms with Crippen molar-refractivity contribution in [3.63, 3.8) is 0 Å². The highest BCUT2D eigenvalue weighted by Gasteiger charge is 2.24. The number of benzene rings is 1. The van der Waals surface area contributed by atoms with Gasteiger partial charge in [0.15, 0.2) is 0 Å². The summed E-state index contributed by atoms with van der Waals surface area (Å²) in [7, 11) is -3.87. The van der Waals surface area contributed by atoms with Gasteiger partial charge in [0.05, 0.1) is 4.90 Å². The average Bonchev–Trinajstić information content (AvgIpc) is 2.53. The van der Waals surface area contributed by atoms with Crippen molar-refractivity contribution in [2.24, 2.45) is 5.73 Å². The maximum atomic E-state index is 11.9. The van der Waals surface area contributed by atoms with Crippen molar-refractivity contribution >= 4 is 27.7 Å². The van der Waals surface area contributed by atoms with Crippen LogP contribution in [-0.2, 0) is 14.8 Å². The summed E-state index contributed by atoms with van der Waals surface area (Å²) < 4.78 is 23.8. The summed E-state index contributed by atoms with van der Waals surface area (Å²) >= 11 is 1.65. The van der Waals surface area contributed by atoms with Crippen LogP contribution in [0.2, 0.25) is 0 Å². The number of sulfonamides is 1. The van der Waals surface area contributed by atoms with Gasteiger partial charge in [-0.15, -0.1) is 4.83 Å². The Morgan fingerprint density at radius 2 is 2.00 bits per heavy atom. The Morgan fingerprint density at radius 1 is 1.36 bits per heavy atom. The largest absolute Gasteiger partial charge is 0.382 e. The van der Waals surface area contributed by atoms with Crippen LogP contribution in [-0.4, -0.2) is 43.1 Å². The van der Waals surface area contributed by atoms with E-state index in [0.717, 1.165) is 11.5 Å². The number of hydrogen-bond donors (Lipinski definition) is 4. The minimum Gasteiger partial charge on any atom is -0.382 e. The second-order valence-electron chi connectivity index (χ2n) is 4.50. The number of rotatable bonds is 9. The molecule has 5 N–H and O–H groups in total. The molecule has 124 valence electrons. The van der Waals surface area contributed by atoms with Gasteiger partial charge >= 0.3 is 0 Å². The van der Waals surface area contributed by atoms with E-state index >= 15 is 0 Å². The molecule has 9 heteroatoms. The molecule has 0 radical (unpaired) electrons. The van der Waals surface area contributed by atoms with E-state index in [1.807, 2.05) is 17.2 Å². The number of aliphatic hydroxyl groups is 1. The quantitative estimate of drug-likeness (QED) is 0.363. The zero-order valence-corrected chi connectivity index (χ0v) is 13.9. The fourth-order valence-electron chi connectivity index (χ4n) is 1.57. The predicted octanol–water partition coefficient (Wildman–Crippen LogP) is -0.172. The van der Waals surface area contributed by atoms with E-state index in [1.165, 1.54) is 12.1 Å². The number of hydrogen-bond acceptors (Lipinski definition) is 6. The molecule has 1 unspecified atom stereocenters. The van der Waals surface area contributed by atoms with Crippen LogP contribution in [0.1, 0.15) is 13.3 Å². The smallest absolute Gasteiger partial charge is 0.265 e. The fraction of sp³-hybridized carbons (Fsp3) is 0.462. The predicted molar refractivity (Wildman–Crippen MR) is 86.5 cm³/mol. The molecule has 0 aromatic heterocycles. The first-order chi connectivity index (χ1) is 10.4. The summed E-state index contributed by atoms with van der Waals surface area (Å²) in [4.78, 5) is 13.7. The number of carbonyl (C=O) groups is 1. The van der Waals surface area contributed by atoms with Crippen LogP contribution in [0.5, 0.6) is 0 Å². The number of nitrogens with one attached hydrogen (secondary N) is 2. The number of aliphatic hydroxyl groups excluding tert-OH is 1. The van der Waals surface area contributed by atoms with Gasteiger partial charge in [-0.3, -0.25) is 10.2 Å². The summed E-state index contributed by atoms with van der Waals surface area (Å²) in [5.74, 6) is 0.761. The minimum atomic E-state index is -3.87. The Kier molecular flexibility index (Phi) is 7.83. The van der Waals surface area contributed by atoms with Crippen molar-refractivity contribution in [1.29, 1.82) is 0 Å². The Bertz CT molecular complexity index is 566. The van der Waals surface area contributed by atoms with Crippen molar-refractivity contribution < 1.29 is 18.3 Å². The van der Waals surface area contributed by atoms with Gasteiger partial charge < -0.3 is 10.8 Å². The van der Waals surface area contributed by atoms with Crippen molar-refractivity contribution in [2.75, 3.05) is 11.5 Å². The second-order valence-corrected chi connectivity index (χ2v) is 7.58. The number of nitrogens with two attached hydrogens (primary N) is 1. The van der Waals surface area contributed by atoms with E-state index in [9.17, 15) is 18.3 Å². The molecule has 0 spiro atoms. The van der Waals surface area contributed by atoms with Crippen LogP contribution in [0, 0.1) is 0 Å². The summed E-state index contributed by atoms with van der Waals surface area (Å²) in [5.41, 5.74) is 7.69. The standard InChI is InChI=1S/C13H21N3O4S2/c1-2-21-9-8-11(14)12(17)13(18)15-16-22(19,20)10-6-4-3-5-7-10/h3-7,11-12,16-17H,2,8-9,14H2,1H3,(H,15,18)/t11-,12?/m1/s1. The molecule has 0 fully saturated rings. The first-order valence-corrected chi connectivity index (χ1v) is 9.40. The monoisotopic (exact) mass is 347 g/mol. The zero-order valence-electron chi connectivity index (χ0n) is 12.2. The van der Waals surface area contributed by atoms with Crippen LogP contribution in [0.4, 0.5) is 0 Å². The van der Waals surface area contributed by atoms with Crippen molar-refractivity contribution in [2.45, 2.75) is 30.4 Å². The molecule has 0 saturated heterocycles. The van der Waals surface area contributed by atoms with Gasteiger partial charge in [-0.25, -0.2) is 8.42 Å². The Hall–Kier alpha value is -1.13. The van der Waals surface area contributed by atoms with Crippen molar-refractivity contribution in [1.82, 2.24) is 10.3 Å². The van der Waals surface area contributed by atoms with Crippen LogP contribution in [0.3, 0.4) is 0 Å². The highest BCUT2D eigenvalue weighted by atomic mass is 32.2. The van der Waals surface area contributed by atoms with Gasteiger partial charge in [-0.2, -0.15) is 11.8 Å². The molecule has 0 aliphatic carbocycles. The lowest BCUT2D eigenvalue weighted by atomic mass is 10.1. The Morgan fingerprint density at radius 3 is 2.59 bits per heavy atom. The van der Waals surface area contributed by atoms with Crippen molar-refractivity contribution in [3.05, 3.63) is 30.3 Å². The average molecular weight is 347 g/mol. The highest BCUT2D eigenvalue weighted by Crippen LogP contribution is 2.07. The third-order valence-electron chi connectivity index (χ3n) is 2.84. The molecular weight excluding hydrogens is 326 g/mol. The Labute approximate surface area is 134 Å². The van der Waals surface area contributed by atoms with E-state index < -0.39 is 28.1 Å². The molecule has 0 bridgehead atoms. The fourth-order valence-corrected chi connectivity index (χ4v) is 3.16. The van der Waals surface area contributed by atoms with Crippen LogP contribution in [0.25, 0.3) is 0 Å². The lowest BCUT2D eigenvalue weighted by molar-refractivity contribution is -0.130. The highest BCUT2D eigenvalue weighted by molar-refractivity contribution is 7.99. The molecule has 1 rings (SSSR count). The molecule has 0 saturated carbocycles. The number of carbonyl (C=O) groups excluding carboxylic acids is 1. The van der Waals surface area contributed by atoms with Gasteiger partial charge in [0.25, 0.3) is 15.9 Å². The molecule has 0 heterocycles. The SMILES string of the molecule is CCSCC[C@@H](N)C(O)C(=O)NNS(=O)(=O)c1ccccc1. The third kappa shape index (κ3) is 5.93. The maximum absolute atomic E-state index is 11.9. The maximum Gasteiger partial charge on any atom is 0.265 e. The molecule has 0 aliphatic rings. The third-order valence-corrected chi connectivity index (χ3v) is 5.03. The molecular formula is C13H21N3O4S2. The van der Waals surface area contributed by atoms with Gasteiger partial charge in [-0.05, 0) is 30.1 Å². The first kappa shape index (κ1) is 18.9. The van der Waals surface area contributed by atoms with Crippen LogP contribution >= 0.6 is 11.8 Å². The summed E-state index contributed by atoms with van der Waals surface area (Å²) in [5, 5.41) is 9.77. The molecule has 1 aromatic carbocycles. The molecule has 7 nitrogen and oxygen atoms in total. The molecule has 0 aliphatic heterocycles. The number of hydrazine groups is 1. The molecule has 2 atom stereocenters. The number of thioether (sulfide) groups is 1. The molecule has 1 aromatic rings. The molecule has 22 heavy (non-hydrogen) atoms. The normalized spacial score (nSPS) is 14.3. The van der Waals surface area contributed by atoms with Crippen LogP contribution in [0.15, 0.2) is 35.2 Å². The van der Waals surface area contributed by atoms with E-state index in [4.69, 9.17) is 5.73 Å². The molecule has 1 amide bonds. The van der Waals surface area contributed by atoms with E-state index in [0.29, 0.717) is 6.42 Å². The lowest BCUT2D eigenvalue weighted by Gasteiger charge is -2.18. The number of amides is 1. The second kappa shape index (κ2) is 9.11. The van der Waals surface area contributed by atoms with Gasteiger partial charge in [0.2, 0.25) is 0 Å². The van der Waals surface area contributed by atoms with Crippen molar-refractivity contribution in [3.8, 4) is 0 Å². The van der Waals surface area contributed by atoms with Gasteiger partial charge in [0.1, 0.15) is 6.10 Å². The summed E-state index contributed by atoms with van der Waals surface area (Å²) in [6, 6.07) is 6.82. The van der Waals surface area contributed by atoms with E-state index in [-0.39, 0.29) is 4.90 Å².